The molecule has 0 radical (unpaired) electrons. The van der Waals surface area contributed by atoms with Gasteiger partial charge in [-0.05, 0) is 100 Å². The number of esters is 1. The van der Waals surface area contributed by atoms with E-state index < -0.39 is 19.2 Å². The van der Waals surface area contributed by atoms with E-state index in [0.717, 1.165) is 44.1 Å². The van der Waals surface area contributed by atoms with Crippen molar-refractivity contribution in [2.24, 2.45) is 0 Å². The Morgan fingerprint density at radius 3 is 1.56 bits per heavy atom. The predicted molar refractivity (Wildman–Crippen MR) is 144 cm³/mol. The van der Waals surface area contributed by atoms with Crippen molar-refractivity contribution in [1.82, 2.24) is 0 Å². The average molecular weight is 497 g/mol. The van der Waals surface area contributed by atoms with Crippen molar-refractivity contribution < 1.29 is 23.1 Å². The third kappa shape index (κ3) is 14.8. The molecule has 0 aliphatic heterocycles. The van der Waals surface area contributed by atoms with Crippen LogP contribution in [0.4, 0.5) is 0 Å². The molecule has 6 heteroatoms. The molecule has 0 bridgehead atoms. The molecule has 0 amide bonds. The zero-order valence-corrected chi connectivity index (χ0v) is 23.8. The molecule has 1 unspecified atom stereocenters. The third-order valence-corrected chi connectivity index (χ3v) is 7.82. The van der Waals surface area contributed by atoms with Crippen LogP contribution in [0, 0.1) is 0 Å². The fourth-order valence-corrected chi connectivity index (χ4v) is 5.32. The Labute approximate surface area is 209 Å². The Morgan fingerprint density at radius 2 is 1.15 bits per heavy atom. The minimum atomic E-state index is -3.59. The van der Waals surface area contributed by atoms with Crippen molar-refractivity contribution in [3.8, 4) is 0 Å². The van der Waals surface area contributed by atoms with E-state index in [2.05, 4.69) is 45.9 Å². The van der Waals surface area contributed by atoms with Crippen LogP contribution in [0.2, 0.25) is 0 Å². The highest BCUT2D eigenvalue weighted by Gasteiger charge is 2.41. The summed E-state index contributed by atoms with van der Waals surface area (Å²) in [4.78, 5) is 12.5. The first-order valence-corrected chi connectivity index (χ1v) is 14.4. The van der Waals surface area contributed by atoms with Gasteiger partial charge in [0.1, 0.15) is 0 Å². The van der Waals surface area contributed by atoms with Gasteiger partial charge in [-0.25, -0.2) is 0 Å². The van der Waals surface area contributed by atoms with Crippen LogP contribution in [-0.4, -0.2) is 31.4 Å². The number of allylic oxidation sites excluding steroid dienone is 8. The number of hydrogen-bond acceptors (Lipinski definition) is 5. The number of rotatable bonds is 18. The van der Waals surface area contributed by atoms with Crippen LogP contribution in [0.3, 0.4) is 0 Å². The van der Waals surface area contributed by atoms with Crippen LogP contribution in [-0.2, 0) is 23.1 Å². The van der Waals surface area contributed by atoms with E-state index in [1.807, 2.05) is 13.0 Å². The Balaban J connectivity index is 4.83. The lowest BCUT2D eigenvalue weighted by Crippen LogP contribution is -2.25. The van der Waals surface area contributed by atoms with E-state index in [4.69, 9.17) is 13.8 Å². The largest absolute Gasteiger partial charge is 0.465 e. The molecule has 0 aliphatic carbocycles. The van der Waals surface area contributed by atoms with Crippen LogP contribution >= 0.6 is 7.60 Å². The zero-order valence-electron chi connectivity index (χ0n) is 22.9. The zero-order chi connectivity index (χ0) is 26.0. The van der Waals surface area contributed by atoms with Gasteiger partial charge < -0.3 is 13.8 Å². The molecule has 0 aliphatic rings. The minimum absolute atomic E-state index is 0.212. The second-order valence-electron chi connectivity index (χ2n) is 8.93. The maximum absolute atomic E-state index is 13.2. The summed E-state index contributed by atoms with van der Waals surface area (Å²) >= 11 is 0. The van der Waals surface area contributed by atoms with E-state index in [9.17, 15) is 9.36 Å². The van der Waals surface area contributed by atoms with Crippen LogP contribution in [0.1, 0.15) is 100 Å². The summed E-state index contributed by atoms with van der Waals surface area (Å²) in [6.07, 6.45) is 15.4. The van der Waals surface area contributed by atoms with Crippen molar-refractivity contribution in [2.75, 3.05) is 19.8 Å². The first-order valence-electron chi connectivity index (χ1n) is 12.7. The molecule has 0 aromatic carbocycles. The number of ether oxygens (including phenoxy) is 1. The summed E-state index contributed by atoms with van der Waals surface area (Å²) in [5.74, 6) is -0.531. The standard InChI is InChI=1S/C28H49O5P/c1-9-31-28(29)27(34(30,32-10-2)33-11-3)22-21-26(8)20-14-19-25(7)18-13-17-24(6)16-12-15-23(4)5/h15,17,19,21,27H,9-14,16,18,20,22H2,1-8H3/b24-17+,25-19+,26-21+. The highest BCUT2D eigenvalue weighted by Crippen LogP contribution is 2.54. The van der Waals surface area contributed by atoms with Crippen LogP contribution in [0.5, 0.6) is 0 Å². The summed E-state index contributed by atoms with van der Waals surface area (Å²) in [7, 11) is -3.59. The van der Waals surface area contributed by atoms with E-state index in [1.165, 1.54) is 16.7 Å². The Hall–Kier alpha value is -1.42. The summed E-state index contributed by atoms with van der Waals surface area (Å²) < 4.78 is 29.2. The fraction of sp³-hybridized carbons (Fsp3) is 0.679. The molecule has 196 valence electrons. The molecule has 0 saturated heterocycles. The topological polar surface area (TPSA) is 61.8 Å². The van der Waals surface area contributed by atoms with E-state index in [-0.39, 0.29) is 26.2 Å². The Morgan fingerprint density at radius 1 is 0.706 bits per heavy atom. The minimum Gasteiger partial charge on any atom is -0.465 e. The number of carbonyl (C=O) groups is 1. The van der Waals surface area contributed by atoms with Gasteiger partial charge in [-0.1, -0.05) is 46.6 Å². The molecule has 0 saturated carbocycles. The van der Waals surface area contributed by atoms with Gasteiger partial charge in [0.2, 0.25) is 0 Å². The van der Waals surface area contributed by atoms with Gasteiger partial charge in [0, 0.05) is 0 Å². The Bertz CT molecular complexity index is 747. The van der Waals surface area contributed by atoms with Crippen molar-refractivity contribution in [3.63, 3.8) is 0 Å². The van der Waals surface area contributed by atoms with E-state index in [0.29, 0.717) is 0 Å². The fourth-order valence-electron chi connectivity index (χ4n) is 3.47. The predicted octanol–water partition coefficient (Wildman–Crippen LogP) is 8.72. The molecule has 0 aromatic rings. The molecule has 0 N–H and O–H groups in total. The summed E-state index contributed by atoms with van der Waals surface area (Å²) in [6, 6.07) is 0. The van der Waals surface area contributed by atoms with Crippen molar-refractivity contribution in [3.05, 3.63) is 46.6 Å². The lowest BCUT2D eigenvalue weighted by Gasteiger charge is -2.24. The molecule has 0 fully saturated rings. The van der Waals surface area contributed by atoms with Gasteiger partial charge in [-0.2, -0.15) is 0 Å². The number of carbonyl (C=O) groups excluding carboxylic acids is 1. The SMILES string of the molecule is CCOC(=O)C(C/C=C(\C)CC/C=C(\C)CC/C=C(\C)CCC=C(C)C)P(=O)(OCC)OCC. The van der Waals surface area contributed by atoms with Gasteiger partial charge in [-0.15, -0.1) is 0 Å². The average Bonchev–Trinajstić information content (AvgIpc) is 2.74. The van der Waals surface area contributed by atoms with Crippen molar-refractivity contribution in [2.45, 2.75) is 106 Å². The molecule has 0 aromatic heterocycles. The van der Waals surface area contributed by atoms with Crippen LogP contribution in [0.25, 0.3) is 0 Å². The molecule has 5 nitrogen and oxygen atoms in total. The van der Waals surface area contributed by atoms with Gasteiger partial charge in [0.05, 0.1) is 19.8 Å². The van der Waals surface area contributed by atoms with Crippen molar-refractivity contribution >= 4 is 13.6 Å². The first kappa shape index (κ1) is 32.6. The second kappa shape index (κ2) is 18.9. The molecule has 0 spiro atoms. The lowest BCUT2D eigenvalue weighted by molar-refractivity contribution is -0.143. The summed E-state index contributed by atoms with van der Waals surface area (Å²) in [5.41, 5.74) is 4.43. The first-order chi connectivity index (χ1) is 16.1. The molecule has 1 atom stereocenters. The van der Waals surface area contributed by atoms with Gasteiger partial charge in [0.25, 0.3) is 0 Å². The van der Waals surface area contributed by atoms with Crippen LogP contribution in [0.15, 0.2) is 46.6 Å². The van der Waals surface area contributed by atoms with Gasteiger partial charge >= 0.3 is 13.6 Å². The van der Waals surface area contributed by atoms with Gasteiger partial charge in [0.15, 0.2) is 5.66 Å². The molecule has 34 heavy (non-hydrogen) atoms. The summed E-state index contributed by atoms with van der Waals surface area (Å²) in [6.45, 7) is 16.6. The smallest absolute Gasteiger partial charge is 0.345 e. The monoisotopic (exact) mass is 496 g/mol. The molecular weight excluding hydrogens is 447 g/mol. The third-order valence-electron chi connectivity index (χ3n) is 5.40. The van der Waals surface area contributed by atoms with Gasteiger partial charge in [-0.3, -0.25) is 9.36 Å². The quantitative estimate of drug-likeness (QED) is 0.108. The lowest BCUT2D eigenvalue weighted by atomic mass is 10.0. The number of hydrogen-bond donors (Lipinski definition) is 0. The van der Waals surface area contributed by atoms with E-state index in [1.54, 1.807) is 20.8 Å². The molecule has 0 heterocycles. The van der Waals surface area contributed by atoms with Crippen LogP contribution < -0.4 is 0 Å². The maximum atomic E-state index is 13.2. The molecule has 0 rings (SSSR count). The molecular formula is C28H49O5P. The Kier molecular flexibility index (Phi) is 18.1. The van der Waals surface area contributed by atoms with Crippen molar-refractivity contribution in [1.29, 1.82) is 0 Å². The normalized spacial score (nSPS) is 14.2. The van der Waals surface area contributed by atoms with E-state index >= 15 is 0 Å². The highest BCUT2D eigenvalue weighted by molar-refractivity contribution is 7.55. The summed E-state index contributed by atoms with van der Waals surface area (Å²) in [5, 5.41) is 0. The maximum Gasteiger partial charge on any atom is 0.345 e. The second-order valence-corrected chi connectivity index (χ2v) is 11.1. The highest BCUT2D eigenvalue weighted by atomic mass is 31.2.